The summed E-state index contributed by atoms with van der Waals surface area (Å²) >= 11 is 0. The summed E-state index contributed by atoms with van der Waals surface area (Å²) in [6.07, 6.45) is 0.0570. The highest BCUT2D eigenvalue weighted by atomic mass is 35.5. The molecule has 330 valence electrons. The van der Waals surface area contributed by atoms with Gasteiger partial charge in [0.2, 0.25) is 0 Å². The maximum Gasteiger partial charge on any atom is 0.123 e. The van der Waals surface area contributed by atoms with Gasteiger partial charge in [-0.1, -0.05) is 121 Å². The molecule has 0 bridgehead atoms. The number of halogens is 2. The molecule has 0 heterocycles. The second kappa shape index (κ2) is 24.5. The van der Waals surface area contributed by atoms with Gasteiger partial charge < -0.3 is 39.8 Å². The molecule has 0 aliphatic heterocycles. The fourth-order valence-corrected chi connectivity index (χ4v) is 6.65. The van der Waals surface area contributed by atoms with Crippen molar-refractivity contribution in [1.82, 2.24) is 10.6 Å². The lowest BCUT2D eigenvalue weighted by Crippen LogP contribution is -2.46. The number of nitrogens with one attached hydrogen (secondary N) is 2. The Kier molecular flexibility index (Phi) is 19.6. The van der Waals surface area contributed by atoms with E-state index in [2.05, 4.69) is 38.3 Å². The van der Waals surface area contributed by atoms with Gasteiger partial charge in [0.15, 0.2) is 0 Å². The van der Waals surface area contributed by atoms with Crippen molar-refractivity contribution in [2.24, 2.45) is 0 Å². The van der Waals surface area contributed by atoms with Crippen LogP contribution in [0.4, 0.5) is 0 Å². The Morgan fingerprint density at radius 3 is 0.887 bits per heavy atom. The van der Waals surface area contributed by atoms with Gasteiger partial charge in [-0.2, -0.15) is 0 Å². The molecule has 0 radical (unpaired) electrons. The SMILES string of the molecule is CC(C)(CCC(C)(C)NCC(O)c1cc(OCc2ccccc2)cc(OCc2ccccc2)c1)NCC(O)c1cc(OCc2ccccc2)cc(OCc2ccccc2)c1.Cl.Cl. The topological polar surface area (TPSA) is 101 Å². The standard InChI is InChI=1S/C52H60N2O6.2ClH/c1-51(2,53-33-49(55)43-27-45(57-35-39-17-9-5-10-18-39)31-46(28-43)58-36-40-19-11-6-12-20-40)25-26-52(3,4)54-34-50(56)44-29-47(59-37-41-21-13-7-14-22-41)32-48(30-44)60-38-42-23-15-8-16-24-42;;/h5-24,27-32,49-50,53-56H,25-26,33-38H2,1-4H3;2*1H. The third-order valence-corrected chi connectivity index (χ3v) is 10.5. The molecule has 8 nitrogen and oxygen atoms in total. The van der Waals surface area contributed by atoms with Gasteiger partial charge >= 0.3 is 0 Å². The van der Waals surface area contributed by atoms with Crippen LogP contribution in [-0.4, -0.2) is 34.4 Å². The number of ether oxygens (including phenoxy) is 4. The third-order valence-electron chi connectivity index (χ3n) is 10.5. The van der Waals surface area contributed by atoms with Crippen LogP contribution in [0.3, 0.4) is 0 Å². The smallest absolute Gasteiger partial charge is 0.123 e. The average molecular weight is 882 g/mol. The fourth-order valence-electron chi connectivity index (χ4n) is 6.65. The van der Waals surface area contributed by atoms with E-state index in [1.807, 2.05) is 158 Å². The molecule has 0 spiro atoms. The molecule has 0 aliphatic rings. The van der Waals surface area contributed by atoms with Gasteiger partial charge in [0.05, 0.1) is 12.2 Å². The average Bonchev–Trinajstić information content (AvgIpc) is 3.28. The van der Waals surface area contributed by atoms with E-state index < -0.39 is 12.2 Å². The van der Waals surface area contributed by atoms with E-state index in [1.54, 1.807) is 0 Å². The lowest BCUT2D eigenvalue weighted by molar-refractivity contribution is 0.147. The number of aliphatic hydroxyl groups is 2. The van der Waals surface area contributed by atoms with Gasteiger partial charge in [0.25, 0.3) is 0 Å². The van der Waals surface area contributed by atoms with Crippen LogP contribution >= 0.6 is 24.8 Å². The van der Waals surface area contributed by atoms with Crippen LogP contribution in [0, 0.1) is 0 Å². The number of rotatable bonds is 23. The maximum atomic E-state index is 11.5. The molecule has 0 fully saturated rings. The molecule has 2 unspecified atom stereocenters. The van der Waals surface area contributed by atoms with Crippen LogP contribution in [0.2, 0.25) is 0 Å². The Morgan fingerprint density at radius 2 is 0.645 bits per heavy atom. The molecule has 0 amide bonds. The first-order chi connectivity index (χ1) is 29.0. The summed E-state index contributed by atoms with van der Waals surface area (Å²) in [5.74, 6) is 2.54. The van der Waals surface area contributed by atoms with Crippen LogP contribution < -0.4 is 29.6 Å². The summed E-state index contributed by atoms with van der Waals surface area (Å²) in [6.45, 7) is 10.9. The Bertz CT molecular complexity index is 1900. The summed E-state index contributed by atoms with van der Waals surface area (Å²) in [5, 5.41) is 30.1. The van der Waals surface area contributed by atoms with Crippen molar-refractivity contribution in [3.8, 4) is 23.0 Å². The van der Waals surface area contributed by atoms with Crippen molar-refractivity contribution in [3.05, 3.63) is 191 Å². The maximum absolute atomic E-state index is 11.5. The van der Waals surface area contributed by atoms with Crippen LogP contribution in [0.5, 0.6) is 23.0 Å². The lowest BCUT2D eigenvalue weighted by atomic mass is 9.89. The Morgan fingerprint density at radius 1 is 0.403 bits per heavy atom. The third kappa shape index (κ3) is 16.7. The van der Waals surface area contributed by atoms with E-state index in [0.717, 1.165) is 35.1 Å². The predicted molar refractivity (Wildman–Crippen MR) is 254 cm³/mol. The second-order valence-electron chi connectivity index (χ2n) is 16.6. The molecule has 0 aliphatic carbocycles. The van der Waals surface area contributed by atoms with Crippen LogP contribution in [0.1, 0.15) is 86.1 Å². The highest BCUT2D eigenvalue weighted by Gasteiger charge is 2.26. The molecule has 6 aromatic rings. The lowest BCUT2D eigenvalue weighted by Gasteiger charge is -2.34. The minimum absolute atomic E-state index is 0. The van der Waals surface area contributed by atoms with Crippen molar-refractivity contribution in [3.63, 3.8) is 0 Å². The van der Waals surface area contributed by atoms with Crippen molar-refractivity contribution < 1.29 is 29.2 Å². The summed E-state index contributed by atoms with van der Waals surface area (Å²) in [4.78, 5) is 0. The zero-order valence-corrected chi connectivity index (χ0v) is 37.8. The second-order valence-corrected chi connectivity index (χ2v) is 16.6. The van der Waals surface area contributed by atoms with E-state index in [1.165, 1.54) is 0 Å². The molecule has 0 saturated heterocycles. The van der Waals surface area contributed by atoms with E-state index in [4.69, 9.17) is 18.9 Å². The fraction of sp³-hybridized carbons (Fsp3) is 0.308. The van der Waals surface area contributed by atoms with Crippen molar-refractivity contribution in [2.75, 3.05) is 13.1 Å². The number of aliphatic hydroxyl groups excluding tert-OH is 2. The molecule has 4 N–H and O–H groups in total. The summed E-state index contributed by atoms with van der Waals surface area (Å²) < 4.78 is 24.7. The molecule has 6 rings (SSSR count). The minimum atomic E-state index is -0.793. The molecular formula is C52H62Cl2N2O6. The highest BCUT2D eigenvalue weighted by molar-refractivity contribution is 5.85. The van der Waals surface area contributed by atoms with Gasteiger partial charge in [-0.05, 0) is 98.2 Å². The first-order valence-corrected chi connectivity index (χ1v) is 20.8. The van der Waals surface area contributed by atoms with E-state index in [9.17, 15) is 10.2 Å². The minimum Gasteiger partial charge on any atom is -0.489 e. The Hall–Kier alpha value is -5.06. The van der Waals surface area contributed by atoms with Crippen LogP contribution in [0.25, 0.3) is 0 Å². The van der Waals surface area contributed by atoms with Gasteiger partial charge in [-0.25, -0.2) is 0 Å². The molecular weight excluding hydrogens is 819 g/mol. The number of hydrogen-bond donors (Lipinski definition) is 4. The van der Waals surface area contributed by atoms with E-state index in [0.29, 0.717) is 73.6 Å². The predicted octanol–water partition coefficient (Wildman–Crippen LogP) is 11.1. The van der Waals surface area contributed by atoms with Crippen LogP contribution in [0.15, 0.2) is 158 Å². The summed E-state index contributed by atoms with van der Waals surface area (Å²) in [7, 11) is 0. The summed E-state index contributed by atoms with van der Waals surface area (Å²) in [6, 6.07) is 51.4. The molecule has 6 aromatic carbocycles. The quantitative estimate of drug-likeness (QED) is 0.0505. The molecule has 2 atom stereocenters. The number of benzene rings is 6. The first kappa shape index (κ1) is 49.6. The number of hydrogen-bond acceptors (Lipinski definition) is 8. The Labute approximate surface area is 380 Å². The molecule has 0 aromatic heterocycles. The van der Waals surface area contributed by atoms with E-state index >= 15 is 0 Å². The monoisotopic (exact) mass is 880 g/mol. The molecule has 0 saturated carbocycles. The van der Waals surface area contributed by atoms with Gasteiger partial charge in [-0.3, -0.25) is 0 Å². The van der Waals surface area contributed by atoms with Crippen molar-refractivity contribution in [1.29, 1.82) is 0 Å². The van der Waals surface area contributed by atoms with Crippen molar-refractivity contribution in [2.45, 2.75) is 90.2 Å². The zero-order valence-electron chi connectivity index (χ0n) is 36.2. The van der Waals surface area contributed by atoms with E-state index in [-0.39, 0.29) is 35.9 Å². The summed E-state index contributed by atoms with van der Waals surface area (Å²) in [5.41, 5.74) is 5.08. The number of β-amino-alcohol motifs (C(OH)–C–C–N with tert-alkyl or cyclic N) is 2. The molecule has 62 heavy (non-hydrogen) atoms. The van der Waals surface area contributed by atoms with Crippen molar-refractivity contribution >= 4 is 24.8 Å². The van der Waals surface area contributed by atoms with Gasteiger partial charge in [-0.15, -0.1) is 24.8 Å². The van der Waals surface area contributed by atoms with Gasteiger partial charge in [0.1, 0.15) is 49.4 Å². The Balaban J connectivity index is 0.00000422. The first-order valence-electron chi connectivity index (χ1n) is 20.8. The van der Waals surface area contributed by atoms with Gasteiger partial charge in [0, 0.05) is 36.3 Å². The van der Waals surface area contributed by atoms with Crippen LogP contribution in [-0.2, 0) is 26.4 Å². The molecule has 10 heteroatoms. The normalized spacial score (nSPS) is 12.3. The highest BCUT2D eigenvalue weighted by Crippen LogP contribution is 2.31. The zero-order chi connectivity index (χ0) is 42.2. The largest absolute Gasteiger partial charge is 0.489 e.